The molecule has 0 radical (unpaired) electrons. The van der Waals surface area contributed by atoms with E-state index in [0.29, 0.717) is 25.8 Å². The number of carbonyl (C=O) groups excluding carboxylic acids is 1. The molecule has 1 aliphatic heterocycles. The maximum atomic E-state index is 11.7. The first-order valence-electron chi connectivity index (χ1n) is 5.70. The summed E-state index contributed by atoms with van der Waals surface area (Å²) in [6.07, 6.45) is 0.0318. The van der Waals surface area contributed by atoms with Crippen LogP contribution in [0, 0.1) is 0 Å². The molecule has 0 spiro atoms. The quantitative estimate of drug-likeness (QED) is 0.810. The SMILES string of the molecule is O=C(O)C1CCC(C(=O)NCCc2cscn2)O1. The highest BCUT2D eigenvalue weighted by molar-refractivity contribution is 7.07. The van der Waals surface area contributed by atoms with Crippen molar-refractivity contribution < 1.29 is 19.4 Å². The molecule has 1 amide bonds. The van der Waals surface area contributed by atoms with E-state index < -0.39 is 18.2 Å². The number of carboxylic acids is 1. The molecule has 2 atom stereocenters. The predicted octanol–water partition coefficient (Wildman–Crippen LogP) is 0.434. The molecule has 1 fully saturated rings. The molecule has 0 aromatic carbocycles. The lowest BCUT2D eigenvalue weighted by molar-refractivity contribution is -0.151. The molecule has 2 N–H and O–H groups in total. The molecular formula is C11H14N2O4S. The second kappa shape index (κ2) is 5.92. The van der Waals surface area contributed by atoms with Crippen LogP contribution in [0.2, 0.25) is 0 Å². The molecule has 0 bridgehead atoms. The second-order valence-corrected chi connectivity index (χ2v) is 4.77. The van der Waals surface area contributed by atoms with Crippen molar-refractivity contribution >= 4 is 23.2 Å². The van der Waals surface area contributed by atoms with E-state index in [4.69, 9.17) is 9.84 Å². The van der Waals surface area contributed by atoms with Gasteiger partial charge in [-0.25, -0.2) is 9.78 Å². The van der Waals surface area contributed by atoms with Gasteiger partial charge in [0.05, 0.1) is 11.2 Å². The molecule has 2 heterocycles. The number of hydrogen-bond donors (Lipinski definition) is 2. The first kappa shape index (κ1) is 13.0. The summed E-state index contributed by atoms with van der Waals surface area (Å²) in [5.41, 5.74) is 2.69. The molecule has 0 aliphatic carbocycles. The fraction of sp³-hybridized carbons (Fsp3) is 0.545. The lowest BCUT2D eigenvalue weighted by Gasteiger charge is -2.11. The number of rotatable bonds is 5. The van der Waals surface area contributed by atoms with Gasteiger partial charge in [-0.1, -0.05) is 0 Å². The van der Waals surface area contributed by atoms with E-state index in [1.54, 1.807) is 5.51 Å². The van der Waals surface area contributed by atoms with E-state index in [-0.39, 0.29) is 5.91 Å². The van der Waals surface area contributed by atoms with Gasteiger partial charge in [-0.2, -0.15) is 0 Å². The number of amides is 1. The van der Waals surface area contributed by atoms with Crippen LogP contribution in [0.1, 0.15) is 18.5 Å². The topological polar surface area (TPSA) is 88.5 Å². The maximum absolute atomic E-state index is 11.7. The summed E-state index contributed by atoms with van der Waals surface area (Å²) in [6, 6.07) is 0. The lowest BCUT2D eigenvalue weighted by atomic mass is 10.2. The minimum atomic E-state index is -1.01. The number of carbonyl (C=O) groups is 2. The highest BCUT2D eigenvalue weighted by Crippen LogP contribution is 2.19. The maximum Gasteiger partial charge on any atom is 0.332 e. The van der Waals surface area contributed by atoms with Crippen LogP contribution in [0.4, 0.5) is 0 Å². The van der Waals surface area contributed by atoms with Crippen molar-refractivity contribution in [2.75, 3.05) is 6.54 Å². The molecule has 18 heavy (non-hydrogen) atoms. The zero-order valence-electron chi connectivity index (χ0n) is 9.67. The number of nitrogens with zero attached hydrogens (tertiary/aromatic N) is 1. The highest BCUT2D eigenvalue weighted by Gasteiger charge is 2.34. The van der Waals surface area contributed by atoms with Gasteiger partial charge in [0.1, 0.15) is 6.10 Å². The van der Waals surface area contributed by atoms with Crippen LogP contribution < -0.4 is 5.32 Å². The van der Waals surface area contributed by atoms with Crippen LogP contribution in [0.25, 0.3) is 0 Å². The molecule has 7 heteroatoms. The van der Waals surface area contributed by atoms with Crippen LogP contribution in [0.5, 0.6) is 0 Å². The van der Waals surface area contributed by atoms with Crippen molar-refractivity contribution in [1.29, 1.82) is 0 Å². The fourth-order valence-electron chi connectivity index (χ4n) is 1.80. The molecule has 98 valence electrons. The molecule has 1 saturated heterocycles. The number of ether oxygens (including phenoxy) is 1. The van der Waals surface area contributed by atoms with E-state index in [2.05, 4.69) is 10.3 Å². The summed E-state index contributed by atoms with van der Waals surface area (Å²) in [7, 11) is 0. The Bertz CT molecular complexity index is 421. The molecule has 1 aromatic rings. The van der Waals surface area contributed by atoms with Crippen molar-refractivity contribution in [2.24, 2.45) is 0 Å². The Kier molecular flexibility index (Phi) is 4.27. The van der Waals surface area contributed by atoms with Crippen LogP contribution in [-0.2, 0) is 20.7 Å². The first-order valence-corrected chi connectivity index (χ1v) is 6.64. The van der Waals surface area contributed by atoms with E-state index >= 15 is 0 Å². The van der Waals surface area contributed by atoms with Gasteiger partial charge in [0.25, 0.3) is 0 Å². The molecule has 2 rings (SSSR count). The largest absolute Gasteiger partial charge is 0.479 e. The number of aliphatic carboxylic acids is 1. The third kappa shape index (κ3) is 3.27. The van der Waals surface area contributed by atoms with Gasteiger partial charge in [0.2, 0.25) is 5.91 Å². The first-order chi connectivity index (χ1) is 8.66. The van der Waals surface area contributed by atoms with Gasteiger partial charge in [0, 0.05) is 18.3 Å². The van der Waals surface area contributed by atoms with Crippen LogP contribution in [-0.4, -0.2) is 40.7 Å². The molecule has 2 unspecified atom stereocenters. The van der Waals surface area contributed by atoms with Gasteiger partial charge >= 0.3 is 5.97 Å². The van der Waals surface area contributed by atoms with Crippen molar-refractivity contribution in [2.45, 2.75) is 31.5 Å². The minimum absolute atomic E-state index is 0.242. The monoisotopic (exact) mass is 270 g/mol. The third-order valence-electron chi connectivity index (χ3n) is 2.75. The Hall–Kier alpha value is -1.47. The van der Waals surface area contributed by atoms with E-state index in [1.165, 1.54) is 11.3 Å². The normalized spacial score (nSPS) is 22.9. The predicted molar refractivity (Wildman–Crippen MR) is 64.4 cm³/mol. The van der Waals surface area contributed by atoms with E-state index in [1.807, 2.05) is 5.38 Å². The zero-order valence-corrected chi connectivity index (χ0v) is 10.5. The van der Waals surface area contributed by atoms with Gasteiger partial charge in [-0.3, -0.25) is 4.79 Å². The summed E-state index contributed by atoms with van der Waals surface area (Å²) in [6.45, 7) is 0.486. The van der Waals surface area contributed by atoms with Crippen molar-refractivity contribution in [3.05, 3.63) is 16.6 Å². The summed E-state index contributed by atoms with van der Waals surface area (Å²) in [5, 5.41) is 13.4. The molecule has 1 aliphatic rings. The van der Waals surface area contributed by atoms with Crippen LogP contribution in [0.3, 0.4) is 0 Å². The van der Waals surface area contributed by atoms with Crippen LogP contribution in [0.15, 0.2) is 10.9 Å². The number of hydrogen-bond acceptors (Lipinski definition) is 5. The van der Waals surface area contributed by atoms with Gasteiger partial charge < -0.3 is 15.2 Å². The molecule has 6 nitrogen and oxygen atoms in total. The van der Waals surface area contributed by atoms with Gasteiger partial charge in [-0.05, 0) is 12.8 Å². The number of aromatic nitrogens is 1. The van der Waals surface area contributed by atoms with Crippen molar-refractivity contribution in [1.82, 2.24) is 10.3 Å². The summed E-state index contributed by atoms with van der Waals surface area (Å²) >= 11 is 1.51. The van der Waals surface area contributed by atoms with E-state index in [9.17, 15) is 9.59 Å². The van der Waals surface area contributed by atoms with E-state index in [0.717, 1.165) is 5.69 Å². The molecule has 0 saturated carbocycles. The van der Waals surface area contributed by atoms with Gasteiger partial charge in [0.15, 0.2) is 6.10 Å². The van der Waals surface area contributed by atoms with Crippen LogP contribution >= 0.6 is 11.3 Å². The Morgan fingerprint density at radius 2 is 2.28 bits per heavy atom. The Balaban J connectivity index is 1.71. The van der Waals surface area contributed by atoms with Gasteiger partial charge in [-0.15, -0.1) is 11.3 Å². The average molecular weight is 270 g/mol. The van der Waals surface area contributed by atoms with Crippen molar-refractivity contribution in [3.63, 3.8) is 0 Å². The van der Waals surface area contributed by atoms with Crippen molar-refractivity contribution in [3.8, 4) is 0 Å². The standard InChI is InChI=1S/C11H14N2O4S/c14-10(8-1-2-9(17-8)11(15)16)12-4-3-7-5-18-6-13-7/h5-6,8-9H,1-4H2,(H,12,14)(H,15,16). The lowest BCUT2D eigenvalue weighted by Crippen LogP contribution is -2.36. The Morgan fingerprint density at radius 3 is 2.89 bits per heavy atom. The second-order valence-electron chi connectivity index (χ2n) is 4.05. The molecule has 1 aromatic heterocycles. The smallest absolute Gasteiger partial charge is 0.332 e. The zero-order chi connectivity index (χ0) is 13.0. The fourth-order valence-corrected chi connectivity index (χ4v) is 2.39. The highest BCUT2D eigenvalue weighted by atomic mass is 32.1. The average Bonchev–Trinajstić information content (AvgIpc) is 2.99. The molecular weight excluding hydrogens is 256 g/mol. The number of thiazole rings is 1. The summed E-state index contributed by atoms with van der Waals surface area (Å²) in [4.78, 5) is 26.5. The minimum Gasteiger partial charge on any atom is -0.479 e. The third-order valence-corrected chi connectivity index (χ3v) is 3.39. The number of nitrogens with one attached hydrogen (secondary N) is 1. The summed E-state index contributed by atoms with van der Waals surface area (Å²) < 4.78 is 5.15. The number of carboxylic acid groups (broad SMARTS) is 1. The summed E-state index contributed by atoms with van der Waals surface area (Å²) in [5.74, 6) is -1.25. The Labute approximate surface area is 108 Å². The Morgan fingerprint density at radius 1 is 1.50 bits per heavy atom.